The fourth-order valence-electron chi connectivity index (χ4n) is 2.46. The van der Waals surface area contributed by atoms with Gasteiger partial charge in [-0.25, -0.2) is 0 Å². The Bertz CT molecular complexity index is 806. The first-order valence-electron chi connectivity index (χ1n) is 6.92. The Labute approximate surface area is 123 Å². The Morgan fingerprint density at radius 1 is 1.19 bits per heavy atom. The normalized spacial score (nSPS) is 11.0. The third kappa shape index (κ3) is 2.38. The zero-order valence-electron chi connectivity index (χ0n) is 12.4. The molecule has 0 unspecified atom stereocenters. The highest BCUT2D eigenvalue weighted by atomic mass is 16.5. The molecule has 4 nitrogen and oxygen atoms in total. The molecule has 0 saturated carbocycles. The lowest BCUT2D eigenvalue weighted by atomic mass is 10.1. The lowest BCUT2D eigenvalue weighted by Gasteiger charge is -2.11. The van der Waals surface area contributed by atoms with Crippen LogP contribution in [0.1, 0.15) is 22.4 Å². The smallest absolute Gasteiger partial charge is 0.243 e. The van der Waals surface area contributed by atoms with Crippen molar-refractivity contribution in [3.05, 3.63) is 58.9 Å². The van der Waals surface area contributed by atoms with Crippen LogP contribution in [0.3, 0.4) is 0 Å². The highest BCUT2D eigenvalue weighted by molar-refractivity contribution is 5.49. The number of aryl methyl sites for hydroxylation is 2. The van der Waals surface area contributed by atoms with E-state index in [0.717, 1.165) is 22.5 Å². The molecular weight excluding hydrogens is 264 g/mol. The summed E-state index contributed by atoms with van der Waals surface area (Å²) in [4.78, 5) is 4.46. The molecule has 0 aliphatic heterocycles. The number of benzene rings is 1. The van der Waals surface area contributed by atoms with Gasteiger partial charge in [0.2, 0.25) is 5.88 Å². The zero-order chi connectivity index (χ0) is 15.0. The number of aromatic nitrogens is 2. The lowest BCUT2D eigenvalue weighted by Crippen LogP contribution is -1.96. The molecule has 0 spiro atoms. The van der Waals surface area contributed by atoms with Crippen LogP contribution in [0.25, 0.3) is 5.65 Å². The second-order valence-corrected chi connectivity index (χ2v) is 5.26. The summed E-state index contributed by atoms with van der Waals surface area (Å²) in [5, 5.41) is 9.62. The maximum absolute atomic E-state index is 9.62. The van der Waals surface area contributed by atoms with Gasteiger partial charge < -0.3 is 9.84 Å². The van der Waals surface area contributed by atoms with E-state index in [2.05, 4.69) is 18.0 Å². The number of ether oxygens (including phenoxy) is 1. The van der Waals surface area contributed by atoms with E-state index in [-0.39, 0.29) is 6.61 Å². The maximum Gasteiger partial charge on any atom is 0.243 e. The van der Waals surface area contributed by atoms with E-state index in [4.69, 9.17) is 4.74 Å². The topological polar surface area (TPSA) is 46.8 Å². The summed E-state index contributed by atoms with van der Waals surface area (Å²) >= 11 is 0. The summed E-state index contributed by atoms with van der Waals surface area (Å²) in [6.45, 7) is 6.00. The molecule has 2 aromatic heterocycles. The number of hydrogen-bond donors (Lipinski definition) is 1. The number of hydrogen-bond acceptors (Lipinski definition) is 3. The van der Waals surface area contributed by atoms with Crippen LogP contribution < -0.4 is 4.74 Å². The standard InChI is InChI=1S/C17H18N2O2/c1-11-8-12(2)13(3)15(9-11)21-17-14(10-20)19-7-5-4-6-16(19)18-17/h4-9,20H,10H2,1-3H3. The summed E-state index contributed by atoms with van der Waals surface area (Å²) in [5.41, 5.74) is 4.83. The first kappa shape index (κ1) is 13.6. The quantitative estimate of drug-likeness (QED) is 0.799. The van der Waals surface area contributed by atoms with Gasteiger partial charge in [0, 0.05) is 6.20 Å². The van der Waals surface area contributed by atoms with Crippen molar-refractivity contribution in [3.8, 4) is 11.6 Å². The lowest BCUT2D eigenvalue weighted by molar-refractivity contribution is 0.269. The first-order chi connectivity index (χ1) is 10.1. The van der Waals surface area contributed by atoms with Gasteiger partial charge in [0.05, 0.1) is 6.61 Å². The van der Waals surface area contributed by atoms with E-state index >= 15 is 0 Å². The van der Waals surface area contributed by atoms with Crippen molar-refractivity contribution in [2.45, 2.75) is 27.4 Å². The second-order valence-electron chi connectivity index (χ2n) is 5.26. The van der Waals surface area contributed by atoms with Crippen molar-refractivity contribution >= 4 is 5.65 Å². The van der Waals surface area contributed by atoms with Crippen LogP contribution >= 0.6 is 0 Å². The summed E-state index contributed by atoms with van der Waals surface area (Å²) < 4.78 is 7.83. The van der Waals surface area contributed by atoms with E-state index in [0.29, 0.717) is 11.6 Å². The summed E-state index contributed by atoms with van der Waals surface area (Å²) in [5.74, 6) is 1.24. The Hall–Kier alpha value is -2.33. The molecule has 0 bridgehead atoms. The van der Waals surface area contributed by atoms with E-state index in [1.54, 1.807) is 0 Å². The summed E-state index contributed by atoms with van der Waals surface area (Å²) in [6, 6.07) is 9.82. The molecule has 0 saturated heterocycles. The Kier molecular flexibility index (Phi) is 3.39. The van der Waals surface area contributed by atoms with Crippen LogP contribution in [0.5, 0.6) is 11.6 Å². The van der Waals surface area contributed by atoms with Crippen LogP contribution in [0.15, 0.2) is 36.5 Å². The molecule has 0 radical (unpaired) electrons. The van der Waals surface area contributed by atoms with Gasteiger partial charge in [-0.05, 0) is 55.7 Å². The SMILES string of the molecule is Cc1cc(C)c(C)c(Oc2nc3ccccn3c2CO)c1. The third-order valence-electron chi connectivity index (χ3n) is 3.71. The molecule has 0 amide bonds. The number of rotatable bonds is 3. The molecule has 108 valence electrons. The monoisotopic (exact) mass is 282 g/mol. The predicted octanol–water partition coefficient (Wildman–Crippen LogP) is 3.54. The average Bonchev–Trinajstić information content (AvgIpc) is 2.81. The Balaban J connectivity index is 2.10. The van der Waals surface area contributed by atoms with Crippen molar-refractivity contribution in [1.82, 2.24) is 9.38 Å². The van der Waals surface area contributed by atoms with Crippen molar-refractivity contribution in [2.24, 2.45) is 0 Å². The van der Waals surface area contributed by atoms with E-state index in [1.165, 1.54) is 5.56 Å². The van der Waals surface area contributed by atoms with Crippen molar-refractivity contribution < 1.29 is 9.84 Å². The Morgan fingerprint density at radius 2 is 2.00 bits per heavy atom. The van der Waals surface area contributed by atoms with Crippen LogP contribution in [-0.2, 0) is 6.61 Å². The van der Waals surface area contributed by atoms with E-state index < -0.39 is 0 Å². The molecule has 0 aliphatic rings. The van der Waals surface area contributed by atoms with Gasteiger partial charge in [0.1, 0.15) is 17.1 Å². The molecule has 1 aromatic carbocycles. The molecular formula is C17H18N2O2. The summed E-state index contributed by atoms with van der Waals surface area (Å²) in [7, 11) is 0. The first-order valence-corrected chi connectivity index (χ1v) is 6.92. The van der Waals surface area contributed by atoms with Crippen molar-refractivity contribution in [1.29, 1.82) is 0 Å². The van der Waals surface area contributed by atoms with Gasteiger partial charge in [-0.1, -0.05) is 12.1 Å². The summed E-state index contributed by atoms with van der Waals surface area (Å²) in [6.07, 6.45) is 1.87. The van der Waals surface area contributed by atoms with Crippen LogP contribution in [-0.4, -0.2) is 14.5 Å². The third-order valence-corrected chi connectivity index (χ3v) is 3.71. The largest absolute Gasteiger partial charge is 0.437 e. The number of imidazole rings is 1. The highest BCUT2D eigenvalue weighted by Crippen LogP contribution is 2.30. The molecule has 0 fully saturated rings. The van der Waals surface area contributed by atoms with E-state index in [1.807, 2.05) is 48.7 Å². The fraction of sp³-hybridized carbons (Fsp3) is 0.235. The minimum Gasteiger partial charge on any atom is -0.437 e. The Morgan fingerprint density at radius 3 is 2.76 bits per heavy atom. The molecule has 3 rings (SSSR count). The fourth-order valence-corrected chi connectivity index (χ4v) is 2.46. The minimum atomic E-state index is -0.121. The zero-order valence-corrected chi connectivity index (χ0v) is 12.4. The number of aliphatic hydroxyl groups is 1. The van der Waals surface area contributed by atoms with Gasteiger partial charge in [0.15, 0.2) is 0 Å². The van der Waals surface area contributed by atoms with Crippen LogP contribution in [0.4, 0.5) is 0 Å². The molecule has 3 aromatic rings. The van der Waals surface area contributed by atoms with Gasteiger partial charge in [0.25, 0.3) is 0 Å². The molecule has 2 heterocycles. The molecule has 1 N–H and O–H groups in total. The molecule has 4 heteroatoms. The highest BCUT2D eigenvalue weighted by Gasteiger charge is 2.14. The second kappa shape index (κ2) is 5.22. The molecule has 0 aliphatic carbocycles. The molecule has 21 heavy (non-hydrogen) atoms. The van der Waals surface area contributed by atoms with Gasteiger partial charge in [-0.3, -0.25) is 4.40 Å². The van der Waals surface area contributed by atoms with Gasteiger partial charge >= 0.3 is 0 Å². The van der Waals surface area contributed by atoms with Crippen LogP contribution in [0, 0.1) is 20.8 Å². The van der Waals surface area contributed by atoms with Crippen molar-refractivity contribution in [3.63, 3.8) is 0 Å². The molecule has 0 atom stereocenters. The van der Waals surface area contributed by atoms with Crippen LogP contribution in [0.2, 0.25) is 0 Å². The number of pyridine rings is 1. The number of aliphatic hydroxyl groups excluding tert-OH is 1. The minimum absolute atomic E-state index is 0.121. The average molecular weight is 282 g/mol. The van der Waals surface area contributed by atoms with Gasteiger partial charge in [-0.2, -0.15) is 4.98 Å². The maximum atomic E-state index is 9.62. The van der Waals surface area contributed by atoms with Gasteiger partial charge in [-0.15, -0.1) is 0 Å². The van der Waals surface area contributed by atoms with E-state index in [9.17, 15) is 5.11 Å². The number of fused-ring (bicyclic) bond motifs is 1. The predicted molar refractivity (Wildman–Crippen MR) is 81.8 cm³/mol. The van der Waals surface area contributed by atoms with Crippen molar-refractivity contribution in [2.75, 3.05) is 0 Å². The number of nitrogens with zero attached hydrogens (tertiary/aromatic N) is 2.